The van der Waals surface area contributed by atoms with Gasteiger partial charge in [0.05, 0.1) is 38.2 Å². The summed E-state index contributed by atoms with van der Waals surface area (Å²) in [5.74, 6) is -2.13. The summed E-state index contributed by atoms with van der Waals surface area (Å²) in [6.45, 7) is 8.00. The number of halogens is 2. The summed E-state index contributed by atoms with van der Waals surface area (Å²) in [4.78, 5) is 38.6. The Morgan fingerprint density at radius 2 is 1.95 bits per heavy atom. The van der Waals surface area contributed by atoms with Crippen molar-refractivity contribution in [2.24, 2.45) is 0 Å². The number of amides is 1. The number of esters is 2. The largest absolute Gasteiger partial charge is 0.496 e. The fourth-order valence-corrected chi connectivity index (χ4v) is 4.42. The molecule has 2 aliphatic heterocycles. The maximum Gasteiger partial charge on any atom is 0.341 e. The molecule has 0 atom stereocenters. The van der Waals surface area contributed by atoms with Gasteiger partial charge in [0.1, 0.15) is 12.4 Å². The van der Waals surface area contributed by atoms with Crippen LogP contribution in [0.3, 0.4) is 0 Å². The molecule has 204 valence electrons. The van der Waals surface area contributed by atoms with Crippen LogP contribution in [0.15, 0.2) is 11.6 Å². The molecule has 2 aliphatic rings. The van der Waals surface area contributed by atoms with Crippen LogP contribution in [0.5, 0.6) is 5.75 Å². The summed E-state index contributed by atoms with van der Waals surface area (Å²) in [6.07, 6.45) is 0.132. The van der Waals surface area contributed by atoms with Gasteiger partial charge in [-0.15, -0.1) is 0 Å². The van der Waals surface area contributed by atoms with Gasteiger partial charge in [0.2, 0.25) is 0 Å². The van der Waals surface area contributed by atoms with Gasteiger partial charge >= 0.3 is 18.4 Å². The molecule has 0 unspecified atom stereocenters. The molecule has 0 aliphatic carbocycles. The lowest BCUT2D eigenvalue weighted by atomic mass is 9.93. The highest BCUT2D eigenvalue weighted by molar-refractivity contribution is 6.06. The van der Waals surface area contributed by atoms with Gasteiger partial charge in [-0.1, -0.05) is 11.6 Å². The zero-order chi connectivity index (χ0) is 26.9. The van der Waals surface area contributed by atoms with Crippen molar-refractivity contribution in [3.8, 4) is 5.75 Å². The Labute approximate surface area is 215 Å². The number of carbonyl (C=O) groups is 3. The van der Waals surface area contributed by atoms with E-state index in [1.165, 1.54) is 7.11 Å². The molecule has 1 N–H and O–H groups in total. The minimum Gasteiger partial charge on any atom is -0.496 e. The summed E-state index contributed by atoms with van der Waals surface area (Å²) < 4.78 is 47.3. The average Bonchev–Trinajstić information content (AvgIpc) is 3.28. The number of hydrogen-bond donors (Lipinski definition) is 1. The zero-order valence-electron chi connectivity index (χ0n) is 21.5. The number of cyclic esters (lactones) is 1. The third-order valence-electron chi connectivity index (χ3n) is 6.49. The number of methoxy groups -OCH3 is 1. The Bertz CT molecular complexity index is 1040. The topological polar surface area (TPSA) is 103 Å². The van der Waals surface area contributed by atoms with E-state index >= 15 is 0 Å². The summed E-state index contributed by atoms with van der Waals surface area (Å²) in [6, 6.07) is 0. The Morgan fingerprint density at radius 3 is 2.62 bits per heavy atom. The molecule has 0 spiro atoms. The number of allylic oxidation sites excluding steroid dienone is 2. The lowest BCUT2D eigenvalue weighted by Gasteiger charge is -2.26. The molecule has 0 aromatic heterocycles. The van der Waals surface area contributed by atoms with Gasteiger partial charge in [0, 0.05) is 37.2 Å². The fraction of sp³-hybridized carbons (Fsp3) is 0.577. The van der Waals surface area contributed by atoms with Crippen LogP contribution in [0.4, 0.5) is 14.5 Å². The maximum atomic E-state index is 13.0. The van der Waals surface area contributed by atoms with Gasteiger partial charge in [-0.25, -0.2) is 4.79 Å². The number of anilines is 1. The van der Waals surface area contributed by atoms with Crippen molar-refractivity contribution in [2.75, 3.05) is 51.9 Å². The third-order valence-corrected chi connectivity index (χ3v) is 6.49. The number of alkyl halides is 2. The molecule has 1 amide bonds. The number of benzene rings is 1. The lowest BCUT2D eigenvalue weighted by Crippen LogP contribution is -2.37. The number of ether oxygens (including phenoxy) is 4. The van der Waals surface area contributed by atoms with Crippen molar-refractivity contribution < 1.29 is 42.1 Å². The van der Waals surface area contributed by atoms with E-state index in [1.807, 2.05) is 13.0 Å². The number of nitrogens with one attached hydrogen (secondary N) is 1. The van der Waals surface area contributed by atoms with E-state index in [-0.39, 0.29) is 36.7 Å². The van der Waals surface area contributed by atoms with Crippen LogP contribution < -0.4 is 10.1 Å². The normalized spacial score (nSPS) is 15.9. The third kappa shape index (κ3) is 7.48. The molecule has 37 heavy (non-hydrogen) atoms. The van der Waals surface area contributed by atoms with E-state index in [2.05, 4.69) is 10.2 Å². The molecule has 0 radical (unpaired) electrons. The van der Waals surface area contributed by atoms with Gasteiger partial charge in [-0.3, -0.25) is 14.5 Å². The van der Waals surface area contributed by atoms with E-state index in [9.17, 15) is 23.2 Å². The Morgan fingerprint density at radius 1 is 1.22 bits per heavy atom. The second-order valence-electron chi connectivity index (χ2n) is 9.01. The molecule has 1 aromatic rings. The smallest absolute Gasteiger partial charge is 0.341 e. The van der Waals surface area contributed by atoms with Gasteiger partial charge < -0.3 is 24.3 Å². The van der Waals surface area contributed by atoms with Gasteiger partial charge in [0.15, 0.2) is 0 Å². The highest BCUT2D eigenvalue weighted by Crippen LogP contribution is 2.41. The molecule has 3 rings (SSSR count). The van der Waals surface area contributed by atoms with Gasteiger partial charge in [0.25, 0.3) is 5.91 Å². The molecule has 1 saturated heterocycles. The zero-order valence-corrected chi connectivity index (χ0v) is 21.5. The number of nitrogens with zero attached hydrogens (tertiary/aromatic N) is 1. The van der Waals surface area contributed by atoms with Gasteiger partial charge in [-0.2, -0.15) is 8.78 Å². The quantitative estimate of drug-likeness (QED) is 0.252. The summed E-state index contributed by atoms with van der Waals surface area (Å²) in [5, 5.41) is 2.19. The number of carbonyl (C=O) groups excluding carboxylic acids is 3. The number of morpholine rings is 1. The molecular weight excluding hydrogens is 490 g/mol. The maximum absolute atomic E-state index is 13.0. The van der Waals surface area contributed by atoms with E-state index in [0.717, 1.165) is 44.8 Å². The second kappa shape index (κ2) is 13.5. The molecule has 1 aromatic carbocycles. The first kappa shape index (κ1) is 28.5. The van der Waals surface area contributed by atoms with E-state index < -0.39 is 18.3 Å². The fourth-order valence-electron chi connectivity index (χ4n) is 4.42. The van der Waals surface area contributed by atoms with Crippen molar-refractivity contribution in [2.45, 2.75) is 52.6 Å². The van der Waals surface area contributed by atoms with Crippen LogP contribution in [0.25, 0.3) is 0 Å². The van der Waals surface area contributed by atoms with E-state index in [0.29, 0.717) is 35.5 Å². The summed E-state index contributed by atoms with van der Waals surface area (Å²) in [7, 11) is 1.43. The summed E-state index contributed by atoms with van der Waals surface area (Å²) >= 11 is 0. The minimum atomic E-state index is -3.26. The SMILES string of the molecule is COc1c(C)c2c(c(NC(=O)C(F)F)c1C/C=C(\C)CCC(=O)OCCCN1CCOCC1)C(=O)OC2. The van der Waals surface area contributed by atoms with Crippen molar-refractivity contribution >= 4 is 23.5 Å². The second-order valence-corrected chi connectivity index (χ2v) is 9.01. The predicted octanol–water partition coefficient (Wildman–Crippen LogP) is 3.41. The first-order valence-corrected chi connectivity index (χ1v) is 12.3. The summed E-state index contributed by atoms with van der Waals surface area (Å²) in [5.41, 5.74) is 2.41. The molecular formula is C26H34F2N2O7. The van der Waals surface area contributed by atoms with Crippen LogP contribution in [0, 0.1) is 6.92 Å². The number of rotatable bonds is 12. The molecule has 9 nitrogen and oxygen atoms in total. The molecule has 2 heterocycles. The minimum absolute atomic E-state index is 0.0301. The standard InChI is InChI=1S/C26H34F2N2O7/c1-16(6-8-20(31)36-12-4-9-30-10-13-35-14-11-30)5-7-18-22(29-25(32)24(27)28)21-19(15-37-26(21)33)17(2)23(18)34-3/h5,24H,4,6-15H2,1-3H3,(H,29,32)/b16-5+. The Balaban J connectivity index is 1.63. The lowest BCUT2D eigenvalue weighted by molar-refractivity contribution is -0.143. The van der Waals surface area contributed by atoms with E-state index in [4.69, 9.17) is 18.9 Å². The highest BCUT2D eigenvalue weighted by atomic mass is 19.3. The van der Waals surface area contributed by atoms with Crippen LogP contribution in [-0.2, 0) is 36.8 Å². The van der Waals surface area contributed by atoms with Crippen molar-refractivity contribution in [3.05, 3.63) is 33.9 Å². The monoisotopic (exact) mass is 524 g/mol. The number of fused-ring (bicyclic) bond motifs is 1. The van der Waals surface area contributed by atoms with Crippen molar-refractivity contribution in [3.63, 3.8) is 0 Å². The Kier molecular flexibility index (Phi) is 10.4. The Hall–Kier alpha value is -3.05. The number of hydrogen-bond acceptors (Lipinski definition) is 8. The van der Waals surface area contributed by atoms with E-state index in [1.54, 1.807) is 6.92 Å². The van der Waals surface area contributed by atoms with Crippen LogP contribution in [0.1, 0.15) is 53.2 Å². The predicted molar refractivity (Wildman–Crippen MR) is 131 cm³/mol. The highest BCUT2D eigenvalue weighted by Gasteiger charge is 2.33. The van der Waals surface area contributed by atoms with Crippen molar-refractivity contribution in [1.29, 1.82) is 0 Å². The first-order chi connectivity index (χ1) is 17.7. The molecule has 0 saturated carbocycles. The molecule has 1 fully saturated rings. The van der Waals surface area contributed by atoms with Crippen LogP contribution >= 0.6 is 0 Å². The van der Waals surface area contributed by atoms with Gasteiger partial charge in [-0.05, 0) is 38.7 Å². The molecule has 11 heteroatoms. The van der Waals surface area contributed by atoms with Crippen LogP contribution in [0.2, 0.25) is 0 Å². The molecule has 0 bridgehead atoms. The van der Waals surface area contributed by atoms with Crippen molar-refractivity contribution in [1.82, 2.24) is 4.90 Å². The average molecular weight is 525 g/mol. The first-order valence-electron chi connectivity index (χ1n) is 12.3. The van der Waals surface area contributed by atoms with Crippen LogP contribution in [-0.4, -0.2) is 75.7 Å².